The number of benzene rings is 6. The predicted octanol–water partition coefficient (Wildman–Crippen LogP) is 22.5. The van der Waals surface area contributed by atoms with E-state index in [9.17, 15) is 0 Å². The Balaban J connectivity index is 0.832. The first-order chi connectivity index (χ1) is 33.3. The summed E-state index contributed by atoms with van der Waals surface area (Å²) in [5, 5.41) is 5.66. The van der Waals surface area contributed by atoms with Gasteiger partial charge in [0.2, 0.25) is 0 Å². The Morgan fingerprint density at radius 3 is 0.926 bits per heavy atom. The molecule has 0 aliphatic heterocycles. The van der Waals surface area contributed by atoms with Crippen LogP contribution in [0.15, 0.2) is 97.1 Å². The molecule has 4 heterocycles. The van der Waals surface area contributed by atoms with E-state index in [2.05, 4.69) is 139 Å². The highest BCUT2D eigenvalue weighted by Gasteiger charge is 2.19. The minimum atomic E-state index is 1.20. The van der Waals surface area contributed by atoms with Crippen LogP contribution in [0.3, 0.4) is 0 Å². The Kier molecular flexibility index (Phi) is 14.9. The normalized spacial score (nSPS) is 12.1. The van der Waals surface area contributed by atoms with Crippen molar-refractivity contribution in [3.05, 3.63) is 130 Å². The molecular formula is C64H70S4. The van der Waals surface area contributed by atoms with Crippen LogP contribution in [0, 0.1) is 27.7 Å². The number of rotatable bonds is 21. The highest BCUT2D eigenvalue weighted by molar-refractivity contribution is 7.37. The first-order valence-electron chi connectivity index (χ1n) is 26.3. The van der Waals surface area contributed by atoms with Crippen LogP contribution in [0.1, 0.15) is 150 Å². The number of thiophene rings is 4. The fraction of sp³-hybridized carbons (Fsp3) is 0.375. The topological polar surface area (TPSA) is 0 Å². The van der Waals surface area contributed by atoms with Crippen molar-refractivity contribution >= 4 is 104 Å². The second kappa shape index (κ2) is 21.4. The van der Waals surface area contributed by atoms with Crippen molar-refractivity contribution in [2.24, 2.45) is 0 Å². The summed E-state index contributed by atoms with van der Waals surface area (Å²) in [6, 6.07) is 38.7. The molecule has 0 saturated heterocycles. The van der Waals surface area contributed by atoms with E-state index in [0.29, 0.717) is 0 Å². The maximum Gasteiger partial charge on any atom is 0.0542 e. The van der Waals surface area contributed by atoms with Crippen LogP contribution in [0.25, 0.3) is 92.5 Å². The van der Waals surface area contributed by atoms with Gasteiger partial charge < -0.3 is 0 Å². The molecule has 10 rings (SSSR count). The fourth-order valence-corrected chi connectivity index (χ4v) is 16.8. The SMILES string of the molecule is CCCCCCCCCCc1ccc2c(c1)sc1c3ccc(-c4cc(C)c(-c5c(C)cc(-c6ccc7c(c6)sc6c8ccc(CCCCCCCCCC)cc8sc76)cc5C)c(C)c4)cc3sc21. The molecule has 0 nitrogen and oxygen atoms in total. The minimum Gasteiger partial charge on any atom is -0.134 e. The number of fused-ring (bicyclic) bond motifs is 10. The molecule has 4 heteroatoms. The molecule has 0 spiro atoms. The summed E-state index contributed by atoms with van der Waals surface area (Å²) in [5.41, 5.74) is 16.3. The lowest BCUT2D eigenvalue weighted by atomic mass is 9.85. The van der Waals surface area contributed by atoms with Crippen LogP contribution in [0.2, 0.25) is 0 Å². The molecule has 4 aromatic heterocycles. The number of unbranched alkanes of at least 4 members (excludes halogenated alkanes) is 14. The molecule has 0 bridgehead atoms. The molecule has 0 unspecified atom stereocenters. The molecule has 68 heavy (non-hydrogen) atoms. The molecule has 0 radical (unpaired) electrons. The third-order valence-electron chi connectivity index (χ3n) is 14.9. The van der Waals surface area contributed by atoms with Gasteiger partial charge in [-0.05, 0) is 144 Å². The summed E-state index contributed by atoms with van der Waals surface area (Å²) in [5.74, 6) is 0. The van der Waals surface area contributed by atoms with E-state index < -0.39 is 0 Å². The fourth-order valence-electron chi connectivity index (χ4n) is 11.2. The van der Waals surface area contributed by atoms with Gasteiger partial charge in [0.05, 0.1) is 18.8 Å². The van der Waals surface area contributed by atoms with Gasteiger partial charge in [-0.15, -0.1) is 45.3 Å². The monoisotopic (exact) mass is 966 g/mol. The van der Waals surface area contributed by atoms with E-state index in [0.717, 1.165) is 0 Å². The Morgan fingerprint density at radius 2 is 0.588 bits per heavy atom. The molecule has 10 aromatic rings. The maximum atomic E-state index is 2.48. The molecular weight excluding hydrogens is 897 g/mol. The van der Waals surface area contributed by atoms with E-state index in [1.165, 1.54) is 241 Å². The Hall–Kier alpha value is -4.32. The van der Waals surface area contributed by atoms with Gasteiger partial charge in [-0.1, -0.05) is 177 Å². The summed E-state index contributed by atoms with van der Waals surface area (Å²) >= 11 is 7.94. The van der Waals surface area contributed by atoms with E-state index >= 15 is 0 Å². The Labute approximate surface area is 422 Å². The number of aryl methyl sites for hydroxylation is 6. The van der Waals surface area contributed by atoms with Gasteiger partial charge in [0.25, 0.3) is 0 Å². The summed E-state index contributed by atoms with van der Waals surface area (Å²) in [4.78, 5) is 0. The van der Waals surface area contributed by atoms with Crippen LogP contribution in [-0.2, 0) is 12.8 Å². The molecule has 6 aromatic carbocycles. The third-order valence-corrected chi connectivity index (χ3v) is 19.9. The minimum absolute atomic E-state index is 1.20. The lowest BCUT2D eigenvalue weighted by molar-refractivity contribution is 0.575. The molecule has 0 atom stereocenters. The first kappa shape index (κ1) is 47.4. The van der Waals surface area contributed by atoms with E-state index in [1.54, 1.807) is 0 Å². The molecule has 350 valence electrons. The van der Waals surface area contributed by atoms with Crippen molar-refractivity contribution < 1.29 is 0 Å². The molecule has 0 amide bonds. The van der Waals surface area contributed by atoms with Gasteiger partial charge in [0, 0.05) is 40.3 Å². The third kappa shape index (κ3) is 9.87. The van der Waals surface area contributed by atoms with Gasteiger partial charge in [0.1, 0.15) is 0 Å². The average molecular weight is 968 g/mol. The standard InChI is InChI=1S/C64H70S4/c1-7-9-11-13-15-17-19-21-23-45-25-29-51-55(37-45)65-63-53-31-27-47(39-57(53)67-61(51)63)49-33-41(3)59(42(4)34-49)60-43(5)35-50(36-44(60)6)48-28-32-54-58(40-48)68-62-52-30-26-46(38-56(52)66-64(54)62)24-22-20-18-16-14-12-10-8-2/h25-40H,7-24H2,1-6H3. The summed E-state index contributed by atoms with van der Waals surface area (Å²) in [6.07, 6.45) is 24.4. The Bertz CT molecular complexity index is 3110. The van der Waals surface area contributed by atoms with Gasteiger partial charge in [-0.3, -0.25) is 0 Å². The second-order valence-electron chi connectivity index (χ2n) is 20.2. The van der Waals surface area contributed by atoms with Crippen molar-refractivity contribution in [3.63, 3.8) is 0 Å². The zero-order valence-electron chi connectivity index (χ0n) is 41.6. The van der Waals surface area contributed by atoms with Crippen molar-refractivity contribution in [2.75, 3.05) is 0 Å². The Morgan fingerprint density at radius 1 is 0.294 bits per heavy atom. The van der Waals surface area contributed by atoms with Gasteiger partial charge in [-0.25, -0.2) is 0 Å². The van der Waals surface area contributed by atoms with Crippen LogP contribution in [0.4, 0.5) is 0 Å². The van der Waals surface area contributed by atoms with E-state index in [-0.39, 0.29) is 0 Å². The lowest BCUT2D eigenvalue weighted by Crippen LogP contribution is -1.96. The number of hydrogen-bond donors (Lipinski definition) is 0. The molecule has 0 aliphatic rings. The molecule has 0 saturated carbocycles. The smallest absolute Gasteiger partial charge is 0.0542 e. The maximum absolute atomic E-state index is 2.48. The average Bonchev–Trinajstić information content (AvgIpc) is 4.08. The second-order valence-corrected chi connectivity index (χ2v) is 24.4. The highest BCUT2D eigenvalue weighted by atomic mass is 32.1. The van der Waals surface area contributed by atoms with Crippen molar-refractivity contribution in [2.45, 2.75) is 157 Å². The number of hydrogen-bond acceptors (Lipinski definition) is 4. The van der Waals surface area contributed by atoms with Gasteiger partial charge >= 0.3 is 0 Å². The van der Waals surface area contributed by atoms with E-state index in [4.69, 9.17) is 0 Å². The van der Waals surface area contributed by atoms with E-state index in [1.807, 2.05) is 45.3 Å². The highest BCUT2D eigenvalue weighted by Crippen LogP contribution is 2.48. The predicted molar refractivity (Wildman–Crippen MR) is 311 cm³/mol. The van der Waals surface area contributed by atoms with Crippen molar-refractivity contribution in [3.8, 4) is 33.4 Å². The lowest BCUT2D eigenvalue weighted by Gasteiger charge is -2.19. The van der Waals surface area contributed by atoms with Crippen molar-refractivity contribution in [1.82, 2.24) is 0 Å². The summed E-state index contributed by atoms with van der Waals surface area (Å²) in [7, 11) is 0. The van der Waals surface area contributed by atoms with Crippen molar-refractivity contribution in [1.29, 1.82) is 0 Å². The zero-order valence-corrected chi connectivity index (χ0v) is 44.9. The van der Waals surface area contributed by atoms with Gasteiger partial charge in [-0.2, -0.15) is 0 Å². The summed E-state index contributed by atoms with van der Waals surface area (Å²) < 4.78 is 11.5. The van der Waals surface area contributed by atoms with Gasteiger partial charge in [0.15, 0.2) is 0 Å². The molecule has 0 fully saturated rings. The first-order valence-corrected chi connectivity index (χ1v) is 29.5. The zero-order chi connectivity index (χ0) is 46.7. The molecule has 0 aliphatic carbocycles. The van der Waals surface area contributed by atoms with Crippen LogP contribution < -0.4 is 0 Å². The quantitative estimate of drug-likeness (QED) is 0.0630. The van der Waals surface area contributed by atoms with Crippen LogP contribution in [0.5, 0.6) is 0 Å². The molecule has 0 N–H and O–H groups in total. The van der Waals surface area contributed by atoms with Crippen LogP contribution in [-0.4, -0.2) is 0 Å². The largest absolute Gasteiger partial charge is 0.134 e. The van der Waals surface area contributed by atoms with Crippen LogP contribution >= 0.6 is 45.3 Å². The summed E-state index contributed by atoms with van der Waals surface area (Å²) in [6.45, 7) is 13.8.